The van der Waals surface area contributed by atoms with E-state index in [1.165, 1.54) is 22.9 Å². The average molecular weight is 228 g/mol. The highest BCUT2D eigenvalue weighted by Crippen LogP contribution is 2.34. The Morgan fingerprint density at radius 2 is 1.44 bits per heavy atom. The van der Waals surface area contributed by atoms with Gasteiger partial charge < -0.3 is 0 Å². The minimum atomic E-state index is 0.117. The lowest BCUT2D eigenvalue weighted by molar-refractivity contribution is 1.39. The van der Waals surface area contributed by atoms with Gasteiger partial charge in [0.1, 0.15) is 0 Å². The van der Waals surface area contributed by atoms with Crippen molar-refractivity contribution in [3.05, 3.63) is 60.2 Å². The van der Waals surface area contributed by atoms with Gasteiger partial charge in [0, 0.05) is 0 Å². The van der Waals surface area contributed by atoms with Gasteiger partial charge in [0.2, 0.25) is 0 Å². The van der Waals surface area contributed by atoms with Crippen LogP contribution in [0.1, 0.15) is 5.56 Å². The molecule has 2 aromatic rings. The molecular weight excluding hydrogens is 211 g/mol. The third-order valence-electron chi connectivity index (χ3n) is 2.59. The second-order valence-electron chi connectivity index (χ2n) is 4.26. The zero-order valence-electron chi connectivity index (χ0n) is 9.85. The number of hydrogen-bond donors (Lipinski definition) is 0. The lowest BCUT2D eigenvalue weighted by Gasteiger charge is -2.11. The van der Waals surface area contributed by atoms with E-state index in [9.17, 15) is 0 Å². The quantitative estimate of drug-likeness (QED) is 0.674. The van der Waals surface area contributed by atoms with Crippen LogP contribution in [0.4, 0.5) is 0 Å². The van der Waals surface area contributed by atoms with Crippen LogP contribution >= 0.6 is 7.92 Å². The molecule has 0 aliphatic heterocycles. The van der Waals surface area contributed by atoms with Gasteiger partial charge in [0.25, 0.3) is 0 Å². The van der Waals surface area contributed by atoms with E-state index in [2.05, 4.69) is 67.9 Å². The van der Waals surface area contributed by atoms with E-state index in [1.807, 2.05) is 0 Å². The molecular formula is C15H17P. The predicted molar refractivity (Wildman–Crippen MR) is 74.4 cm³/mol. The predicted octanol–water partition coefficient (Wildman–Crippen LogP) is 4.60. The Morgan fingerprint density at radius 1 is 0.812 bits per heavy atom. The Labute approximate surface area is 99.1 Å². The molecule has 0 amide bonds. The molecule has 2 aromatic carbocycles. The molecule has 0 nitrogen and oxygen atoms in total. The van der Waals surface area contributed by atoms with Gasteiger partial charge in [-0.2, -0.15) is 0 Å². The van der Waals surface area contributed by atoms with Gasteiger partial charge in [-0.25, -0.2) is 0 Å². The fourth-order valence-corrected chi connectivity index (χ4v) is 2.86. The molecule has 0 heterocycles. The molecule has 82 valence electrons. The summed E-state index contributed by atoms with van der Waals surface area (Å²) < 4.78 is 0. The van der Waals surface area contributed by atoms with Crippen LogP contribution in [0.2, 0.25) is 0 Å². The molecule has 16 heavy (non-hydrogen) atoms. The molecule has 1 heteroatoms. The highest BCUT2D eigenvalue weighted by Gasteiger charge is 2.05. The van der Waals surface area contributed by atoms with Gasteiger partial charge in [-0.15, -0.1) is 7.92 Å². The first-order chi connectivity index (χ1) is 7.77. The summed E-state index contributed by atoms with van der Waals surface area (Å²) in [5, 5.41) is 0. The highest BCUT2D eigenvalue weighted by molar-refractivity contribution is 7.55. The van der Waals surface area contributed by atoms with Gasteiger partial charge in [-0.1, -0.05) is 54.6 Å². The van der Waals surface area contributed by atoms with Gasteiger partial charge in [-0.3, -0.25) is 0 Å². The normalized spacial score (nSPS) is 10.7. The van der Waals surface area contributed by atoms with E-state index in [0.29, 0.717) is 0 Å². The largest absolute Gasteiger partial charge is 0.109 e. The topological polar surface area (TPSA) is 0 Å². The lowest BCUT2D eigenvalue weighted by atomic mass is 10.0. The van der Waals surface area contributed by atoms with Crippen LogP contribution in [0.5, 0.6) is 0 Å². The van der Waals surface area contributed by atoms with Gasteiger partial charge in [0.15, 0.2) is 0 Å². The van der Waals surface area contributed by atoms with Crippen LogP contribution in [0.25, 0.3) is 11.1 Å². The molecule has 0 atom stereocenters. The molecule has 0 spiro atoms. The Balaban J connectivity index is 2.41. The zero-order valence-corrected chi connectivity index (χ0v) is 10.7. The molecule has 2 rings (SSSR count). The maximum Gasteiger partial charge on any atom is -0.00719 e. The van der Waals surface area contributed by atoms with Crippen molar-refractivity contribution >= 4 is 7.92 Å². The van der Waals surface area contributed by atoms with Crippen LogP contribution in [-0.2, 0) is 6.16 Å². The van der Waals surface area contributed by atoms with Crippen LogP contribution in [0.3, 0.4) is 0 Å². The Bertz CT molecular complexity index is 446. The SMILES string of the molecule is CP(C)Cc1ccccc1-c1ccccc1. The van der Waals surface area contributed by atoms with Crippen LogP contribution in [-0.4, -0.2) is 13.3 Å². The summed E-state index contributed by atoms with van der Waals surface area (Å²) in [6, 6.07) is 19.4. The second kappa shape index (κ2) is 5.27. The summed E-state index contributed by atoms with van der Waals surface area (Å²) >= 11 is 0. The summed E-state index contributed by atoms with van der Waals surface area (Å²) in [5.74, 6) is 0. The smallest absolute Gasteiger partial charge is 0.00719 e. The second-order valence-corrected chi connectivity index (χ2v) is 6.74. The minimum Gasteiger partial charge on any atom is -0.109 e. The highest BCUT2D eigenvalue weighted by atomic mass is 31.1. The van der Waals surface area contributed by atoms with Gasteiger partial charge >= 0.3 is 0 Å². The fraction of sp³-hybridized carbons (Fsp3) is 0.200. The van der Waals surface area contributed by atoms with Crippen molar-refractivity contribution in [2.75, 3.05) is 13.3 Å². The van der Waals surface area contributed by atoms with E-state index < -0.39 is 0 Å². The summed E-state index contributed by atoms with van der Waals surface area (Å²) in [4.78, 5) is 0. The number of benzene rings is 2. The maximum atomic E-state index is 2.33. The van der Waals surface area contributed by atoms with Crippen molar-refractivity contribution in [1.82, 2.24) is 0 Å². The van der Waals surface area contributed by atoms with Gasteiger partial charge in [0.05, 0.1) is 0 Å². The molecule has 0 aromatic heterocycles. The third-order valence-corrected chi connectivity index (χ3v) is 3.56. The first-order valence-corrected chi connectivity index (χ1v) is 7.97. The maximum absolute atomic E-state index is 2.33. The molecule has 0 aliphatic carbocycles. The summed E-state index contributed by atoms with van der Waals surface area (Å²) in [5.41, 5.74) is 4.19. The molecule has 0 N–H and O–H groups in total. The molecule has 0 bridgehead atoms. The van der Waals surface area contributed by atoms with E-state index >= 15 is 0 Å². The molecule has 0 saturated carbocycles. The summed E-state index contributed by atoms with van der Waals surface area (Å²) in [7, 11) is 0.117. The molecule has 0 radical (unpaired) electrons. The fourth-order valence-electron chi connectivity index (χ4n) is 1.90. The average Bonchev–Trinajstić information content (AvgIpc) is 2.30. The number of hydrogen-bond acceptors (Lipinski definition) is 0. The van der Waals surface area contributed by atoms with E-state index in [1.54, 1.807) is 0 Å². The third kappa shape index (κ3) is 2.71. The Hall–Kier alpha value is -1.13. The van der Waals surface area contributed by atoms with Crippen LogP contribution in [0, 0.1) is 0 Å². The van der Waals surface area contributed by atoms with E-state index in [4.69, 9.17) is 0 Å². The first kappa shape index (κ1) is 11.4. The lowest BCUT2D eigenvalue weighted by Crippen LogP contribution is -1.88. The Kier molecular flexibility index (Phi) is 3.74. The summed E-state index contributed by atoms with van der Waals surface area (Å²) in [6.07, 6.45) is 1.21. The van der Waals surface area contributed by atoms with Crippen molar-refractivity contribution in [2.45, 2.75) is 6.16 Å². The van der Waals surface area contributed by atoms with Crippen molar-refractivity contribution in [3.8, 4) is 11.1 Å². The van der Waals surface area contributed by atoms with Crippen LogP contribution < -0.4 is 0 Å². The Morgan fingerprint density at radius 3 is 2.12 bits per heavy atom. The zero-order chi connectivity index (χ0) is 11.4. The van der Waals surface area contributed by atoms with Gasteiger partial charge in [-0.05, 0) is 36.2 Å². The van der Waals surface area contributed by atoms with Crippen molar-refractivity contribution < 1.29 is 0 Å². The molecule has 0 aliphatic rings. The number of rotatable bonds is 3. The van der Waals surface area contributed by atoms with Crippen molar-refractivity contribution in [1.29, 1.82) is 0 Å². The van der Waals surface area contributed by atoms with E-state index in [-0.39, 0.29) is 7.92 Å². The molecule has 0 saturated heterocycles. The molecule has 0 fully saturated rings. The van der Waals surface area contributed by atoms with Crippen LogP contribution in [0.15, 0.2) is 54.6 Å². The standard InChI is InChI=1S/C15H17P/c1-16(2)12-14-10-6-7-11-15(14)13-8-4-3-5-9-13/h3-11H,12H2,1-2H3. The first-order valence-electron chi connectivity index (χ1n) is 5.55. The molecule has 0 unspecified atom stereocenters. The monoisotopic (exact) mass is 228 g/mol. The van der Waals surface area contributed by atoms with Crippen molar-refractivity contribution in [2.24, 2.45) is 0 Å². The summed E-state index contributed by atoms with van der Waals surface area (Å²) in [6.45, 7) is 4.66. The van der Waals surface area contributed by atoms with E-state index in [0.717, 1.165) is 0 Å². The minimum absolute atomic E-state index is 0.117. The van der Waals surface area contributed by atoms with Crippen molar-refractivity contribution in [3.63, 3.8) is 0 Å².